The number of aliphatic hydroxyl groups is 1. The van der Waals surface area contributed by atoms with E-state index in [1.165, 1.54) is 5.56 Å². The molecule has 0 aromatic heterocycles. The summed E-state index contributed by atoms with van der Waals surface area (Å²) in [5, 5.41) is 9.28. The third-order valence-corrected chi connectivity index (χ3v) is 3.70. The average molecular weight is 205 g/mol. The van der Waals surface area contributed by atoms with Crippen LogP contribution >= 0.6 is 0 Å². The Morgan fingerprint density at radius 2 is 1.93 bits per heavy atom. The summed E-state index contributed by atoms with van der Waals surface area (Å²) in [7, 11) is 0. The average Bonchev–Trinajstić information content (AvgIpc) is 2.59. The highest BCUT2D eigenvalue weighted by molar-refractivity contribution is 5.27. The van der Waals surface area contributed by atoms with Crippen molar-refractivity contribution in [1.29, 1.82) is 0 Å². The van der Waals surface area contributed by atoms with Gasteiger partial charge in [0.2, 0.25) is 0 Å². The van der Waals surface area contributed by atoms with Gasteiger partial charge in [-0.05, 0) is 30.2 Å². The molecule has 1 aliphatic carbocycles. The molecule has 82 valence electrons. The molecule has 1 aromatic rings. The van der Waals surface area contributed by atoms with E-state index >= 15 is 0 Å². The van der Waals surface area contributed by atoms with Crippen molar-refractivity contribution in [3.05, 3.63) is 35.9 Å². The molecule has 0 spiro atoms. The molecule has 2 nitrogen and oxygen atoms in total. The lowest BCUT2D eigenvalue weighted by atomic mass is 9.79. The number of benzene rings is 1. The van der Waals surface area contributed by atoms with Crippen LogP contribution in [0, 0.1) is 0 Å². The van der Waals surface area contributed by atoms with Gasteiger partial charge in [0.05, 0.1) is 6.61 Å². The predicted octanol–water partition coefficient (Wildman–Crippen LogP) is 1.82. The summed E-state index contributed by atoms with van der Waals surface area (Å²) >= 11 is 0. The van der Waals surface area contributed by atoms with Crippen LogP contribution in [0.2, 0.25) is 0 Å². The molecule has 2 atom stereocenters. The van der Waals surface area contributed by atoms with E-state index in [0.29, 0.717) is 0 Å². The van der Waals surface area contributed by atoms with E-state index in [2.05, 4.69) is 31.2 Å². The Labute approximate surface area is 91.1 Å². The summed E-state index contributed by atoms with van der Waals surface area (Å²) in [5.74, 6) is 0. The Kier molecular flexibility index (Phi) is 2.57. The largest absolute Gasteiger partial charge is 0.394 e. The van der Waals surface area contributed by atoms with Gasteiger partial charge in [-0.1, -0.05) is 37.3 Å². The second kappa shape index (κ2) is 3.62. The molecule has 1 aliphatic rings. The summed E-state index contributed by atoms with van der Waals surface area (Å²) in [6.45, 7) is 2.34. The molecule has 3 N–H and O–H groups in total. The van der Waals surface area contributed by atoms with Crippen LogP contribution in [0.25, 0.3) is 0 Å². The zero-order valence-electron chi connectivity index (χ0n) is 9.24. The maximum atomic E-state index is 9.28. The molecule has 0 aliphatic heterocycles. The first-order valence-corrected chi connectivity index (χ1v) is 5.53. The van der Waals surface area contributed by atoms with E-state index < -0.39 is 0 Å². The first-order valence-electron chi connectivity index (χ1n) is 5.53. The first kappa shape index (κ1) is 10.7. The van der Waals surface area contributed by atoms with Gasteiger partial charge in [0, 0.05) is 5.54 Å². The molecule has 0 unspecified atom stereocenters. The van der Waals surface area contributed by atoms with Crippen molar-refractivity contribution >= 4 is 0 Å². The fraction of sp³-hybridized carbons (Fsp3) is 0.538. The molecule has 1 aromatic carbocycles. The van der Waals surface area contributed by atoms with E-state index in [1.807, 2.05) is 6.07 Å². The summed E-state index contributed by atoms with van der Waals surface area (Å²) in [6, 6.07) is 10.5. The summed E-state index contributed by atoms with van der Waals surface area (Å²) in [5.41, 5.74) is 7.23. The molecule has 1 saturated carbocycles. The number of aliphatic hydroxyl groups excluding tert-OH is 1. The molecule has 0 amide bonds. The van der Waals surface area contributed by atoms with Gasteiger partial charge in [0.15, 0.2) is 0 Å². The van der Waals surface area contributed by atoms with E-state index in [-0.39, 0.29) is 17.6 Å². The van der Waals surface area contributed by atoms with E-state index in [0.717, 1.165) is 19.3 Å². The normalized spacial score (nSPS) is 35.7. The van der Waals surface area contributed by atoms with Crippen LogP contribution in [0.5, 0.6) is 0 Å². The van der Waals surface area contributed by atoms with E-state index in [4.69, 9.17) is 5.73 Å². The lowest BCUT2D eigenvalue weighted by Gasteiger charge is -2.28. The molecular formula is C13H19NO. The topological polar surface area (TPSA) is 46.2 Å². The highest BCUT2D eigenvalue weighted by atomic mass is 16.3. The van der Waals surface area contributed by atoms with Crippen molar-refractivity contribution in [2.24, 2.45) is 5.73 Å². The van der Waals surface area contributed by atoms with Gasteiger partial charge in [-0.2, -0.15) is 0 Å². The van der Waals surface area contributed by atoms with Gasteiger partial charge < -0.3 is 10.8 Å². The van der Waals surface area contributed by atoms with E-state index in [1.54, 1.807) is 0 Å². The Bertz CT molecular complexity index is 338. The second-order valence-corrected chi connectivity index (χ2v) is 5.12. The van der Waals surface area contributed by atoms with Crippen LogP contribution in [0.15, 0.2) is 30.3 Å². The SMILES string of the molecule is C[C@@]1(c2ccccc2)CC[C@](N)(CO)C1. The first-order chi connectivity index (χ1) is 7.08. The Morgan fingerprint density at radius 3 is 2.47 bits per heavy atom. The van der Waals surface area contributed by atoms with E-state index in [9.17, 15) is 5.11 Å². The number of hydrogen-bond acceptors (Lipinski definition) is 2. The van der Waals surface area contributed by atoms with Crippen molar-refractivity contribution in [3.63, 3.8) is 0 Å². The van der Waals surface area contributed by atoms with Gasteiger partial charge in [0.1, 0.15) is 0 Å². The van der Waals surface area contributed by atoms with Crippen LogP contribution in [0.1, 0.15) is 31.7 Å². The highest BCUT2D eigenvalue weighted by Crippen LogP contribution is 2.44. The van der Waals surface area contributed by atoms with Crippen molar-refractivity contribution < 1.29 is 5.11 Å². The summed E-state index contributed by atoms with van der Waals surface area (Å²) in [4.78, 5) is 0. The minimum Gasteiger partial charge on any atom is -0.394 e. The van der Waals surface area contributed by atoms with Crippen LogP contribution in [0.4, 0.5) is 0 Å². The summed E-state index contributed by atoms with van der Waals surface area (Å²) in [6.07, 6.45) is 2.85. The monoisotopic (exact) mass is 205 g/mol. The number of nitrogens with two attached hydrogens (primary N) is 1. The van der Waals surface area contributed by atoms with Crippen molar-refractivity contribution in [1.82, 2.24) is 0 Å². The fourth-order valence-corrected chi connectivity index (χ4v) is 2.70. The third-order valence-electron chi connectivity index (χ3n) is 3.70. The lowest BCUT2D eigenvalue weighted by Crippen LogP contribution is -2.42. The molecule has 0 radical (unpaired) electrons. The van der Waals surface area contributed by atoms with Crippen LogP contribution in [-0.2, 0) is 5.41 Å². The highest BCUT2D eigenvalue weighted by Gasteiger charge is 2.43. The molecule has 2 heteroatoms. The van der Waals surface area contributed by atoms with Gasteiger partial charge in [-0.3, -0.25) is 0 Å². The number of hydrogen-bond donors (Lipinski definition) is 2. The van der Waals surface area contributed by atoms with Crippen LogP contribution in [0.3, 0.4) is 0 Å². The maximum absolute atomic E-state index is 9.28. The fourth-order valence-electron chi connectivity index (χ4n) is 2.70. The predicted molar refractivity (Wildman–Crippen MR) is 61.6 cm³/mol. The Hall–Kier alpha value is -0.860. The minimum absolute atomic E-state index is 0.0927. The molecule has 15 heavy (non-hydrogen) atoms. The van der Waals surface area contributed by atoms with Crippen molar-refractivity contribution in [2.75, 3.05) is 6.61 Å². The molecule has 2 rings (SSSR count). The molecule has 1 fully saturated rings. The zero-order valence-corrected chi connectivity index (χ0v) is 9.24. The van der Waals surface area contributed by atoms with Crippen LogP contribution < -0.4 is 5.73 Å². The minimum atomic E-state index is -0.370. The second-order valence-electron chi connectivity index (χ2n) is 5.12. The van der Waals surface area contributed by atoms with Gasteiger partial charge in [-0.25, -0.2) is 0 Å². The van der Waals surface area contributed by atoms with Crippen LogP contribution in [-0.4, -0.2) is 17.3 Å². The zero-order chi connectivity index (χ0) is 10.9. The molecule has 0 saturated heterocycles. The van der Waals surface area contributed by atoms with Crippen molar-refractivity contribution in [3.8, 4) is 0 Å². The van der Waals surface area contributed by atoms with Crippen molar-refractivity contribution in [2.45, 2.75) is 37.1 Å². The number of rotatable bonds is 2. The molecular weight excluding hydrogens is 186 g/mol. The Morgan fingerprint density at radius 1 is 1.27 bits per heavy atom. The smallest absolute Gasteiger partial charge is 0.0611 e. The maximum Gasteiger partial charge on any atom is 0.0611 e. The summed E-state index contributed by atoms with van der Waals surface area (Å²) < 4.78 is 0. The lowest BCUT2D eigenvalue weighted by molar-refractivity contribution is 0.193. The Balaban J connectivity index is 2.24. The van der Waals surface area contributed by atoms with Gasteiger partial charge >= 0.3 is 0 Å². The molecule has 0 heterocycles. The van der Waals surface area contributed by atoms with Gasteiger partial charge in [-0.15, -0.1) is 0 Å². The van der Waals surface area contributed by atoms with Gasteiger partial charge in [0.25, 0.3) is 0 Å². The third kappa shape index (κ3) is 1.92. The quantitative estimate of drug-likeness (QED) is 0.773. The standard InChI is InChI=1S/C13H19NO/c1-12(11-5-3-2-4-6-11)7-8-13(14,9-12)10-15/h2-6,15H,7-10,14H2,1H3/t12-,13-/m1/s1. The molecule has 0 bridgehead atoms.